The molecule has 4 nitrogen and oxygen atoms in total. The maximum Gasteiger partial charge on any atom is 0.338 e. The third-order valence-corrected chi connectivity index (χ3v) is 3.82. The maximum absolute atomic E-state index is 12.0. The number of aromatic nitrogens is 1. The minimum absolute atomic E-state index is 0.294. The number of hydrogen-bond acceptors (Lipinski definition) is 3. The molecule has 0 atom stereocenters. The Morgan fingerprint density at radius 2 is 1.78 bits per heavy atom. The first-order valence-electron chi connectivity index (χ1n) is 7.39. The number of fused-ring (bicyclic) bond motifs is 1. The van der Waals surface area contributed by atoms with E-state index in [0.29, 0.717) is 27.8 Å². The number of carboxylic acids is 1. The van der Waals surface area contributed by atoms with Crippen molar-refractivity contribution in [2.24, 2.45) is 0 Å². The van der Waals surface area contributed by atoms with Crippen LogP contribution in [0.15, 0.2) is 48.5 Å². The molecule has 0 saturated heterocycles. The second kappa shape index (κ2) is 5.72. The first-order chi connectivity index (χ1) is 11.0. The van der Waals surface area contributed by atoms with Crippen molar-refractivity contribution in [2.45, 2.75) is 6.92 Å². The number of aryl methyl sites for hydroxylation is 1. The molecule has 0 bridgehead atoms. The zero-order chi connectivity index (χ0) is 16.6. The Balaban J connectivity index is 2.47. The van der Waals surface area contributed by atoms with Gasteiger partial charge in [-0.05, 0) is 19.1 Å². The predicted octanol–water partition coefficient (Wildman–Crippen LogP) is 3.97. The Morgan fingerprint density at radius 1 is 1.09 bits per heavy atom. The predicted molar refractivity (Wildman–Crippen MR) is 93.2 cm³/mol. The fraction of sp³-hybridized carbons (Fsp3) is 0.158. The van der Waals surface area contributed by atoms with Gasteiger partial charge in [0.2, 0.25) is 0 Å². The lowest BCUT2D eigenvalue weighted by atomic mass is 9.99. The highest BCUT2D eigenvalue weighted by molar-refractivity contribution is 6.10. The molecule has 0 radical (unpaired) electrons. The summed E-state index contributed by atoms with van der Waals surface area (Å²) in [6.07, 6.45) is 0. The van der Waals surface area contributed by atoms with Crippen LogP contribution in [0, 0.1) is 6.92 Å². The lowest BCUT2D eigenvalue weighted by molar-refractivity contribution is 0.0699. The summed E-state index contributed by atoms with van der Waals surface area (Å²) >= 11 is 0. The molecule has 0 saturated carbocycles. The number of aromatic carboxylic acids is 1. The number of pyridine rings is 1. The second-order valence-electron chi connectivity index (χ2n) is 5.77. The van der Waals surface area contributed by atoms with E-state index in [1.807, 2.05) is 74.4 Å². The van der Waals surface area contributed by atoms with E-state index in [4.69, 9.17) is 4.98 Å². The van der Waals surface area contributed by atoms with Gasteiger partial charge >= 0.3 is 5.97 Å². The molecule has 0 fully saturated rings. The van der Waals surface area contributed by atoms with Crippen LogP contribution < -0.4 is 4.90 Å². The van der Waals surface area contributed by atoms with E-state index in [-0.39, 0.29) is 0 Å². The maximum atomic E-state index is 12.0. The minimum Gasteiger partial charge on any atom is -0.478 e. The SMILES string of the molecule is Cc1ccc2nc(-c3ccccc3)c(N(C)C)c(C(=O)O)c2c1. The molecule has 0 amide bonds. The van der Waals surface area contributed by atoms with Gasteiger partial charge in [-0.3, -0.25) is 0 Å². The molecule has 0 unspecified atom stereocenters. The fourth-order valence-corrected chi connectivity index (χ4v) is 2.82. The molecule has 1 N–H and O–H groups in total. The lowest BCUT2D eigenvalue weighted by Gasteiger charge is -2.21. The zero-order valence-electron chi connectivity index (χ0n) is 13.4. The summed E-state index contributed by atoms with van der Waals surface area (Å²) in [7, 11) is 3.69. The van der Waals surface area contributed by atoms with Gasteiger partial charge in [0, 0.05) is 25.0 Å². The van der Waals surface area contributed by atoms with Gasteiger partial charge in [0.25, 0.3) is 0 Å². The van der Waals surface area contributed by atoms with Crippen LogP contribution >= 0.6 is 0 Å². The smallest absolute Gasteiger partial charge is 0.338 e. The molecule has 2 aromatic carbocycles. The van der Waals surface area contributed by atoms with E-state index in [0.717, 1.165) is 11.1 Å². The van der Waals surface area contributed by atoms with Crippen LogP contribution in [-0.4, -0.2) is 30.2 Å². The number of carbonyl (C=O) groups is 1. The Hall–Kier alpha value is -2.88. The highest BCUT2D eigenvalue weighted by Crippen LogP contribution is 2.36. The molecule has 1 heterocycles. The number of nitrogens with zero attached hydrogens (tertiary/aromatic N) is 2. The first-order valence-corrected chi connectivity index (χ1v) is 7.39. The van der Waals surface area contributed by atoms with E-state index < -0.39 is 5.97 Å². The van der Waals surface area contributed by atoms with E-state index in [2.05, 4.69) is 0 Å². The van der Waals surface area contributed by atoms with Crippen LogP contribution in [0.25, 0.3) is 22.2 Å². The van der Waals surface area contributed by atoms with Gasteiger partial charge in [0.05, 0.1) is 22.5 Å². The van der Waals surface area contributed by atoms with E-state index in [1.165, 1.54) is 0 Å². The highest BCUT2D eigenvalue weighted by atomic mass is 16.4. The van der Waals surface area contributed by atoms with Crippen LogP contribution in [0.1, 0.15) is 15.9 Å². The van der Waals surface area contributed by atoms with Crippen molar-refractivity contribution in [3.05, 3.63) is 59.7 Å². The van der Waals surface area contributed by atoms with E-state index >= 15 is 0 Å². The van der Waals surface area contributed by atoms with Gasteiger partial charge in [0.1, 0.15) is 0 Å². The monoisotopic (exact) mass is 306 g/mol. The van der Waals surface area contributed by atoms with Gasteiger partial charge in [-0.2, -0.15) is 0 Å². The lowest BCUT2D eigenvalue weighted by Crippen LogP contribution is -2.16. The Kier molecular flexibility index (Phi) is 3.74. The van der Waals surface area contributed by atoms with Crippen molar-refractivity contribution in [3.63, 3.8) is 0 Å². The Morgan fingerprint density at radius 3 is 2.39 bits per heavy atom. The number of hydrogen-bond donors (Lipinski definition) is 1. The van der Waals surface area contributed by atoms with Crippen molar-refractivity contribution in [3.8, 4) is 11.3 Å². The van der Waals surface area contributed by atoms with Gasteiger partial charge in [-0.15, -0.1) is 0 Å². The third kappa shape index (κ3) is 2.63. The summed E-state index contributed by atoms with van der Waals surface area (Å²) in [6.45, 7) is 1.95. The molecule has 23 heavy (non-hydrogen) atoms. The number of anilines is 1. The van der Waals surface area contributed by atoms with Crippen molar-refractivity contribution in [2.75, 3.05) is 19.0 Å². The summed E-state index contributed by atoms with van der Waals surface area (Å²) in [4.78, 5) is 18.5. The molecule has 0 aliphatic rings. The molecule has 1 aromatic heterocycles. The third-order valence-electron chi connectivity index (χ3n) is 3.82. The highest BCUT2D eigenvalue weighted by Gasteiger charge is 2.22. The summed E-state index contributed by atoms with van der Waals surface area (Å²) < 4.78 is 0. The molecule has 3 aromatic rings. The van der Waals surface area contributed by atoms with Crippen molar-refractivity contribution >= 4 is 22.6 Å². The van der Waals surface area contributed by atoms with Crippen LogP contribution in [0.2, 0.25) is 0 Å². The number of carboxylic acid groups (broad SMARTS) is 1. The average molecular weight is 306 g/mol. The minimum atomic E-state index is -0.941. The van der Waals surface area contributed by atoms with Crippen molar-refractivity contribution < 1.29 is 9.90 Å². The van der Waals surface area contributed by atoms with Crippen LogP contribution in [-0.2, 0) is 0 Å². The number of rotatable bonds is 3. The normalized spacial score (nSPS) is 10.7. The molecule has 0 aliphatic carbocycles. The van der Waals surface area contributed by atoms with Gasteiger partial charge < -0.3 is 10.0 Å². The summed E-state index contributed by atoms with van der Waals surface area (Å²) in [6, 6.07) is 15.4. The average Bonchev–Trinajstić information content (AvgIpc) is 2.53. The van der Waals surface area contributed by atoms with E-state index in [9.17, 15) is 9.90 Å². The number of benzene rings is 2. The molecule has 0 spiro atoms. The largest absolute Gasteiger partial charge is 0.478 e. The summed E-state index contributed by atoms with van der Waals surface area (Å²) in [5, 5.41) is 10.5. The molecular weight excluding hydrogens is 288 g/mol. The Bertz CT molecular complexity index is 887. The molecule has 0 aliphatic heterocycles. The van der Waals surface area contributed by atoms with Crippen LogP contribution in [0.3, 0.4) is 0 Å². The molecular formula is C19H18N2O2. The molecule has 116 valence electrons. The van der Waals surface area contributed by atoms with Gasteiger partial charge in [-0.25, -0.2) is 9.78 Å². The quantitative estimate of drug-likeness (QED) is 0.795. The second-order valence-corrected chi connectivity index (χ2v) is 5.77. The van der Waals surface area contributed by atoms with Crippen LogP contribution in [0.4, 0.5) is 5.69 Å². The molecule has 4 heteroatoms. The molecule has 3 rings (SSSR count). The zero-order valence-corrected chi connectivity index (χ0v) is 13.4. The first kappa shape index (κ1) is 15.0. The summed E-state index contributed by atoms with van der Waals surface area (Å²) in [5.41, 5.74) is 4.21. The van der Waals surface area contributed by atoms with Crippen LogP contribution in [0.5, 0.6) is 0 Å². The van der Waals surface area contributed by atoms with Crippen molar-refractivity contribution in [1.29, 1.82) is 0 Å². The summed E-state index contributed by atoms with van der Waals surface area (Å²) in [5.74, 6) is -0.941. The Labute approximate surface area is 135 Å². The van der Waals surface area contributed by atoms with Gasteiger partial charge in [0.15, 0.2) is 0 Å². The standard InChI is InChI=1S/C19H18N2O2/c1-12-9-10-15-14(11-12)16(19(22)23)18(21(2)3)17(20-15)13-7-5-4-6-8-13/h4-11H,1-3H3,(H,22,23). The fourth-order valence-electron chi connectivity index (χ4n) is 2.82. The van der Waals surface area contributed by atoms with Crippen molar-refractivity contribution in [1.82, 2.24) is 4.98 Å². The topological polar surface area (TPSA) is 53.4 Å². The van der Waals surface area contributed by atoms with Gasteiger partial charge in [-0.1, -0.05) is 42.0 Å². The van der Waals surface area contributed by atoms with E-state index in [1.54, 1.807) is 0 Å².